The summed E-state index contributed by atoms with van der Waals surface area (Å²) < 4.78 is 4.89. The molecule has 0 atom stereocenters. The molecule has 0 amide bonds. The Morgan fingerprint density at radius 1 is 1.58 bits per heavy atom. The zero-order valence-electron chi connectivity index (χ0n) is 7.85. The van der Waals surface area contributed by atoms with E-state index in [0.717, 1.165) is 6.42 Å². The highest BCUT2D eigenvalue weighted by molar-refractivity contribution is 6.33. The molecule has 0 aromatic rings. The van der Waals surface area contributed by atoms with Crippen LogP contribution >= 0.6 is 0 Å². The van der Waals surface area contributed by atoms with Crippen LogP contribution in [0.5, 0.6) is 0 Å². The maximum absolute atomic E-state index is 10.8. The van der Waals surface area contributed by atoms with Gasteiger partial charge in [0.2, 0.25) is 0 Å². The first-order valence-corrected chi connectivity index (χ1v) is 6.42. The average molecular weight is 190 g/mol. The second kappa shape index (κ2) is 8.48. The molecule has 0 aliphatic heterocycles. The SMILES string of the molecule is C=C(C)C(=O)OCCC[SiH2]C.O. The van der Waals surface area contributed by atoms with Crippen LogP contribution in [0.25, 0.3) is 0 Å². The molecule has 0 radical (unpaired) electrons. The Kier molecular flexibility index (Phi) is 9.86. The predicted octanol–water partition coefficient (Wildman–Crippen LogP) is 0.306. The van der Waals surface area contributed by atoms with Gasteiger partial charge in [0.15, 0.2) is 0 Å². The van der Waals surface area contributed by atoms with Crippen LogP contribution < -0.4 is 0 Å². The molecule has 0 aromatic heterocycles. The van der Waals surface area contributed by atoms with Gasteiger partial charge in [-0.3, -0.25) is 0 Å². The molecule has 0 unspecified atom stereocenters. The first kappa shape index (κ1) is 13.9. The number of rotatable bonds is 5. The summed E-state index contributed by atoms with van der Waals surface area (Å²) >= 11 is 0. The third-order valence-corrected chi connectivity index (χ3v) is 2.54. The van der Waals surface area contributed by atoms with Crippen molar-refractivity contribution in [2.45, 2.75) is 25.9 Å². The highest BCUT2D eigenvalue weighted by Crippen LogP contribution is 1.95. The van der Waals surface area contributed by atoms with Crippen molar-refractivity contribution < 1.29 is 15.0 Å². The molecule has 0 aliphatic carbocycles. The lowest BCUT2D eigenvalue weighted by Crippen LogP contribution is -2.06. The molecule has 0 saturated heterocycles. The van der Waals surface area contributed by atoms with Gasteiger partial charge in [-0.05, 0) is 13.3 Å². The largest absolute Gasteiger partial charge is 0.462 e. The van der Waals surface area contributed by atoms with E-state index in [1.165, 1.54) is 6.04 Å². The van der Waals surface area contributed by atoms with Crippen LogP contribution in [0.15, 0.2) is 12.2 Å². The summed E-state index contributed by atoms with van der Waals surface area (Å²) in [5.41, 5.74) is 0.485. The maximum Gasteiger partial charge on any atom is 0.333 e. The second-order valence-corrected chi connectivity index (χ2v) is 4.33. The Hall–Kier alpha value is -0.613. The number of hydrogen-bond donors (Lipinski definition) is 0. The van der Waals surface area contributed by atoms with E-state index in [1.807, 2.05) is 0 Å². The molecular formula is C8H18O3Si. The molecule has 12 heavy (non-hydrogen) atoms. The first-order chi connectivity index (χ1) is 5.18. The normalized spacial score (nSPS) is 9.50. The smallest absolute Gasteiger partial charge is 0.333 e. The average Bonchev–Trinajstić information content (AvgIpc) is 1.97. The molecular weight excluding hydrogens is 172 g/mol. The number of ether oxygens (including phenoxy) is 1. The van der Waals surface area contributed by atoms with Gasteiger partial charge in [-0.1, -0.05) is 19.2 Å². The maximum atomic E-state index is 10.8. The van der Waals surface area contributed by atoms with Gasteiger partial charge < -0.3 is 10.2 Å². The minimum Gasteiger partial charge on any atom is -0.462 e. The van der Waals surface area contributed by atoms with E-state index in [2.05, 4.69) is 13.1 Å². The van der Waals surface area contributed by atoms with E-state index in [-0.39, 0.29) is 21.0 Å². The van der Waals surface area contributed by atoms with Crippen molar-refractivity contribution in [3.63, 3.8) is 0 Å². The standard InChI is InChI=1S/C8H16O2Si.H2O/c1-7(2)8(9)10-5-4-6-11-3;/h1,4-6,11H2,2-3H3;1H2. The molecule has 0 aliphatic rings. The predicted molar refractivity (Wildman–Crippen MR) is 53.2 cm³/mol. The topological polar surface area (TPSA) is 57.8 Å². The highest BCUT2D eigenvalue weighted by atomic mass is 28.2. The number of esters is 1. The lowest BCUT2D eigenvalue weighted by atomic mass is 10.4. The van der Waals surface area contributed by atoms with Crippen molar-refractivity contribution in [2.75, 3.05) is 6.61 Å². The quantitative estimate of drug-likeness (QED) is 0.271. The molecule has 2 N–H and O–H groups in total. The van der Waals surface area contributed by atoms with E-state index in [1.54, 1.807) is 6.92 Å². The third kappa shape index (κ3) is 7.49. The first-order valence-electron chi connectivity index (χ1n) is 4.01. The van der Waals surface area contributed by atoms with E-state index in [4.69, 9.17) is 4.74 Å². The summed E-state index contributed by atoms with van der Waals surface area (Å²) in [6.07, 6.45) is 1.02. The van der Waals surface area contributed by atoms with Crippen molar-refractivity contribution in [1.82, 2.24) is 0 Å². The van der Waals surface area contributed by atoms with E-state index >= 15 is 0 Å². The van der Waals surface area contributed by atoms with Gasteiger partial charge in [-0.25, -0.2) is 4.79 Å². The molecule has 0 fully saturated rings. The van der Waals surface area contributed by atoms with E-state index < -0.39 is 0 Å². The summed E-state index contributed by atoms with van der Waals surface area (Å²) in [5, 5.41) is 0. The fourth-order valence-corrected chi connectivity index (χ4v) is 1.34. The summed E-state index contributed by atoms with van der Waals surface area (Å²) in [6, 6.07) is 1.25. The van der Waals surface area contributed by atoms with Crippen LogP contribution in [0.1, 0.15) is 13.3 Å². The second-order valence-electron chi connectivity index (χ2n) is 2.62. The lowest BCUT2D eigenvalue weighted by Gasteiger charge is -2.02. The van der Waals surface area contributed by atoms with Crippen LogP contribution in [0.4, 0.5) is 0 Å². The Morgan fingerprint density at radius 2 is 2.17 bits per heavy atom. The van der Waals surface area contributed by atoms with Crippen molar-refractivity contribution in [3.8, 4) is 0 Å². The Morgan fingerprint density at radius 3 is 2.58 bits per heavy atom. The van der Waals surface area contributed by atoms with Gasteiger partial charge in [-0.15, -0.1) is 0 Å². The van der Waals surface area contributed by atoms with Gasteiger partial charge in [0.05, 0.1) is 6.61 Å². The van der Waals surface area contributed by atoms with Crippen LogP contribution in [0.3, 0.4) is 0 Å². The van der Waals surface area contributed by atoms with Crippen LogP contribution in [-0.4, -0.2) is 27.6 Å². The Balaban J connectivity index is 0. The van der Waals surface area contributed by atoms with Crippen molar-refractivity contribution in [2.24, 2.45) is 0 Å². The molecule has 0 saturated carbocycles. The summed E-state index contributed by atoms with van der Waals surface area (Å²) in [4.78, 5) is 10.8. The highest BCUT2D eigenvalue weighted by Gasteiger charge is 2.00. The molecule has 72 valence electrons. The summed E-state index contributed by atoms with van der Waals surface area (Å²) in [6.45, 7) is 7.96. The molecule has 0 rings (SSSR count). The van der Waals surface area contributed by atoms with E-state index in [0.29, 0.717) is 12.2 Å². The van der Waals surface area contributed by atoms with Gasteiger partial charge in [0.1, 0.15) is 0 Å². The van der Waals surface area contributed by atoms with Gasteiger partial charge in [0.25, 0.3) is 0 Å². The zero-order valence-corrected chi connectivity index (χ0v) is 9.27. The van der Waals surface area contributed by atoms with E-state index in [9.17, 15) is 4.79 Å². The van der Waals surface area contributed by atoms with Crippen LogP contribution in [0, 0.1) is 0 Å². The zero-order chi connectivity index (χ0) is 8.69. The van der Waals surface area contributed by atoms with Gasteiger partial charge in [-0.2, -0.15) is 0 Å². The molecule has 4 heteroatoms. The minimum absolute atomic E-state index is 0. The lowest BCUT2D eigenvalue weighted by molar-refractivity contribution is -0.138. The molecule has 0 aromatic carbocycles. The molecule has 3 nitrogen and oxygen atoms in total. The fourth-order valence-electron chi connectivity index (χ4n) is 0.640. The third-order valence-electron chi connectivity index (χ3n) is 1.33. The summed E-state index contributed by atoms with van der Waals surface area (Å²) in [5.74, 6) is -0.261. The van der Waals surface area contributed by atoms with Crippen molar-refractivity contribution in [1.29, 1.82) is 0 Å². The van der Waals surface area contributed by atoms with Crippen LogP contribution in [-0.2, 0) is 9.53 Å². The fraction of sp³-hybridized carbons (Fsp3) is 0.625. The molecule has 0 bridgehead atoms. The Bertz CT molecular complexity index is 145. The number of carbonyl (C=O) groups excluding carboxylic acids is 1. The van der Waals surface area contributed by atoms with Gasteiger partial charge in [0, 0.05) is 15.1 Å². The van der Waals surface area contributed by atoms with Gasteiger partial charge >= 0.3 is 5.97 Å². The Labute approximate surface area is 75.9 Å². The molecule has 0 heterocycles. The molecule has 0 spiro atoms. The summed E-state index contributed by atoms with van der Waals surface area (Å²) in [7, 11) is 0.136. The number of carbonyl (C=O) groups is 1. The minimum atomic E-state index is -0.261. The number of hydrogen-bond acceptors (Lipinski definition) is 2. The van der Waals surface area contributed by atoms with Crippen molar-refractivity contribution in [3.05, 3.63) is 12.2 Å². The van der Waals surface area contributed by atoms with Crippen molar-refractivity contribution >= 4 is 15.5 Å². The monoisotopic (exact) mass is 190 g/mol. The van der Waals surface area contributed by atoms with Crippen LogP contribution in [0.2, 0.25) is 12.6 Å².